The maximum Gasteiger partial charge on any atom is 0.261 e. The number of nitrogens with zero attached hydrogens (tertiary/aromatic N) is 6. The Labute approximate surface area is 218 Å². The van der Waals surface area contributed by atoms with Gasteiger partial charge in [0.05, 0.1) is 50.2 Å². The molecule has 9 nitrogen and oxygen atoms in total. The van der Waals surface area contributed by atoms with E-state index in [2.05, 4.69) is 20.1 Å². The summed E-state index contributed by atoms with van der Waals surface area (Å²) in [6.07, 6.45) is 9.49. The van der Waals surface area contributed by atoms with Gasteiger partial charge in [0.25, 0.3) is 11.8 Å². The molecule has 0 radical (unpaired) electrons. The molecule has 10 heteroatoms. The third kappa shape index (κ3) is 4.12. The minimum absolute atomic E-state index is 0.218. The molecule has 2 aliphatic carbocycles. The Kier molecular flexibility index (Phi) is 5.37. The zero-order valence-electron chi connectivity index (χ0n) is 20.4. The van der Waals surface area contributed by atoms with Crippen LogP contribution in [0.3, 0.4) is 0 Å². The van der Waals surface area contributed by atoms with E-state index in [1.54, 1.807) is 24.4 Å². The van der Waals surface area contributed by atoms with E-state index < -0.39 is 0 Å². The van der Waals surface area contributed by atoms with Crippen LogP contribution in [0.2, 0.25) is 5.15 Å². The molecular formula is C27H25ClN6O3. The van der Waals surface area contributed by atoms with Crippen molar-refractivity contribution in [2.24, 2.45) is 0 Å². The van der Waals surface area contributed by atoms with Gasteiger partial charge in [-0.1, -0.05) is 23.7 Å². The molecule has 0 unspecified atom stereocenters. The van der Waals surface area contributed by atoms with Gasteiger partial charge in [-0.25, -0.2) is 15.0 Å². The third-order valence-corrected chi connectivity index (χ3v) is 7.56. The highest BCUT2D eigenvalue weighted by molar-refractivity contribution is 6.30. The van der Waals surface area contributed by atoms with E-state index in [1.807, 2.05) is 29.1 Å². The lowest BCUT2D eigenvalue weighted by Gasteiger charge is -2.22. The Morgan fingerprint density at radius 2 is 1.95 bits per heavy atom. The van der Waals surface area contributed by atoms with Gasteiger partial charge in [0, 0.05) is 29.3 Å². The van der Waals surface area contributed by atoms with Crippen molar-refractivity contribution in [1.29, 1.82) is 0 Å². The fourth-order valence-electron chi connectivity index (χ4n) is 4.88. The first-order chi connectivity index (χ1) is 18.1. The van der Waals surface area contributed by atoms with Crippen LogP contribution < -0.4 is 9.64 Å². The van der Waals surface area contributed by atoms with Gasteiger partial charge >= 0.3 is 0 Å². The van der Waals surface area contributed by atoms with Crippen LogP contribution in [0, 0.1) is 0 Å². The summed E-state index contributed by atoms with van der Waals surface area (Å²) in [5, 5.41) is 6.08. The number of benzene rings is 1. The van der Waals surface area contributed by atoms with E-state index in [4.69, 9.17) is 21.1 Å². The number of aromatic nitrogens is 5. The molecule has 2 fully saturated rings. The minimum Gasteiger partial charge on any atom is -0.478 e. The first-order valence-corrected chi connectivity index (χ1v) is 12.9. The largest absolute Gasteiger partial charge is 0.478 e. The van der Waals surface area contributed by atoms with Crippen molar-refractivity contribution in [3.63, 3.8) is 0 Å². The number of fused-ring (bicyclic) bond motifs is 3. The zero-order valence-corrected chi connectivity index (χ0v) is 21.1. The second-order valence-corrected chi connectivity index (χ2v) is 10.3. The summed E-state index contributed by atoms with van der Waals surface area (Å²) in [5.74, 6) is 1.41. The SMILES string of the molecule is COc1nn(C2CC2)cc1N(Cc1ccc2c3c(c(Cl)nc2c1)COC3)C(=O)c1cnc(C2CC2)nc1. The highest BCUT2D eigenvalue weighted by atomic mass is 35.5. The lowest BCUT2D eigenvalue weighted by Crippen LogP contribution is -2.31. The third-order valence-electron chi connectivity index (χ3n) is 7.24. The van der Waals surface area contributed by atoms with Crippen LogP contribution >= 0.6 is 11.6 Å². The Hall–Kier alpha value is -3.56. The molecule has 0 atom stereocenters. The van der Waals surface area contributed by atoms with Crippen LogP contribution in [-0.4, -0.2) is 37.7 Å². The lowest BCUT2D eigenvalue weighted by atomic mass is 10.0. The summed E-state index contributed by atoms with van der Waals surface area (Å²) in [7, 11) is 1.57. The maximum atomic E-state index is 13.9. The molecule has 1 aromatic carbocycles. The van der Waals surface area contributed by atoms with Gasteiger partial charge in [-0.15, -0.1) is 5.10 Å². The van der Waals surface area contributed by atoms with Crippen molar-refractivity contribution in [1.82, 2.24) is 24.7 Å². The van der Waals surface area contributed by atoms with Crippen molar-refractivity contribution in [3.8, 4) is 5.88 Å². The highest BCUT2D eigenvalue weighted by Crippen LogP contribution is 2.40. The number of rotatable bonds is 7. The topological polar surface area (TPSA) is 95.3 Å². The van der Waals surface area contributed by atoms with Gasteiger partial charge in [-0.3, -0.25) is 14.4 Å². The van der Waals surface area contributed by atoms with Crippen LogP contribution in [0.25, 0.3) is 10.9 Å². The fourth-order valence-corrected chi connectivity index (χ4v) is 5.14. The molecule has 3 aliphatic rings. The van der Waals surface area contributed by atoms with Crippen molar-refractivity contribution < 1.29 is 14.3 Å². The van der Waals surface area contributed by atoms with Gasteiger partial charge in [0.1, 0.15) is 16.7 Å². The molecule has 3 aromatic heterocycles. The molecule has 1 aliphatic heterocycles. The van der Waals surface area contributed by atoms with E-state index in [9.17, 15) is 4.79 Å². The molecular weight excluding hydrogens is 492 g/mol. The second-order valence-electron chi connectivity index (χ2n) is 9.93. The summed E-state index contributed by atoms with van der Waals surface area (Å²) < 4.78 is 13.1. The number of halogens is 1. The number of hydrogen-bond acceptors (Lipinski definition) is 7. The van der Waals surface area contributed by atoms with E-state index in [0.717, 1.165) is 59.1 Å². The quantitative estimate of drug-likeness (QED) is 0.320. The van der Waals surface area contributed by atoms with Crippen molar-refractivity contribution in [2.45, 2.75) is 57.4 Å². The van der Waals surface area contributed by atoms with Crippen LogP contribution in [-0.2, 0) is 24.5 Å². The van der Waals surface area contributed by atoms with Gasteiger partial charge < -0.3 is 9.47 Å². The van der Waals surface area contributed by atoms with E-state index in [0.29, 0.717) is 54.0 Å². The minimum atomic E-state index is -0.218. The summed E-state index contributed by atoms with van der Waals surface area (Å²) >= 11 is 6.45. The zero-order chi connectivity index (χ0) is 25.1. The molecule has 188 valence electrons. The van der Waals surface area contributed by atoms with Gasteiger partial charge in [0.2, 0.25) is 0 Å². The summed E-state index contributed by atoms with van der Waals surface area (Å²) in [6.45, 7) is 1.29. The van der Waals surface area contributed by atoms with E-state index in [1.165, 1.54) is 0 Å². The monoisotopic (exact) mass is 516 g/mol. The predicted octanol–water partition coefficient (Wildman–Crippen LogP) is 4.97. The fraction of sp³-hybridized carbons (Fsp3) is 0.370. The number of hydrogen-bond donors (Lipinski definition) is 0. The molecule has 4 heterocycles. The first kappa shape index (κ1) is 22.6. The van der Waals surface area contributed by atoms with Crippen LogP contribution in [0.15, 0.2) is 36.8 Å². The molecule has 0 saturated heterocycles. The number of pyridine rings is 1. The smallest absolute Gasteiger partial charge is 0.261 e. The molecule has 0 spiro atoms. The summed E-state index contributed by atoms with van der Waals surface area (Å²) in [4.78, 5) is 29.1. The molecule has 0 N–H and O–H groups in total. The molecule has 7 rings (SSSR count). The Morgan fingerprint density at radius 3 is 2.68 bits per heavy atom. The molecule has 37 heavy (non-hydrogen) atoms. The standard InChI is InChI=1S/C27H25ClN6O3/c1-36-26-23(12-34(32-26)18-5-6-18)33(27(35)17-9-29-25(30-10-17)16-3-4-16)11-15-2-7-19-20-13-37-14-21(20)24(28)31-22(19)8-15/h2,7-10,12,16,18H,3-6,11,13-14H2,1H3. The van der Waals surface area contributed by atoms with E-state index in [-0.39, 0.29) is 5.91 Å². The first-order valence-electron chi connectivity index (χ1n) is 12.5. The average Bonchev–Trinajstić information content (AvgIpc) is 3.85. The number of anilines is 1. The van der Waals surface area contributed by atoms with Crippen molar-refractivity contribution >= 4 is 34.1 Å². The number of carbonyl (C=O) groups is 1. The van der Waals surface area contributed by atoms with Gasteiger partial charge in [0.15, 0.2) is 0 Å². The maximum absolute atomic E-state index is 13.9. The highest BCUT2D eigenvalue weighted by Gasteiger charge is 2.31. The Morgan fingerprint density at radius 1 is 1.16 bits per heavy atom. The average molecular weight is 517 g/mol. The summed E-state index contributed by atoms with van der Waals surface area (Å²) in [5.41, 5.74) is 4.74. The molecule has 2 saturated carbocycles. The summed E-state index contributed by atoms with van der Waals surface area (Å²) in [6, 6.07) is 6.37. The predicted molar refractivity (Wildman–Crippen MR) is 137 cm³/mol. The molecule has 1 amide bonds. The number of amides is 1. The van der Waals surface area contributed by atoms with Gasteiger partial charge in [-0.2, -0.15) is 0 Å². The van der Waals surface area contributed by atoms with Crippen LogP contribution in [0.1, 0.15) is 70.5 Å². The normalized spacial score (nSPS) is 16.7. The number of methoxy groups -OCH3 is 1. The van der Waals surface area contributed by atoms with Crippen LogP contribution in [0.4, 0.5) is 5.69 Å². The van der Waals surface area contributed by atoms with Crippen molar-refractivity contribution in [2.75, 3.05) is 12.0 Å². The van der Waals surface area contributed by atoms with E-state index >= 15 is 0 Å². The number of ether oxygens (including phenoxy) is 2. The lowest BCUT2D eigenvalue weighted by molar-refractivity contribution is 0.0983. The van der Waals surface area contributed by atoms with Gasteiger partial charge in [-0.05, 0) is 42.9 Å². The van der Waals surface area contributed by atoms with Crippen molar-refractivity contribution in [3.05, 3.63) is 70.0 Å². The van der Waals surface area contributed by atoms with Crippen LogP contribution in [0.5, 0.6) is 5.88 Å². The Balaban J connectivity index is 1.27. The Bertz CT molecular complexity index is 1530. The second kappa shape index (κ2) is 8.78. The number of carbonyl (C=O) groups excluding carboxylic acids is 1. The molecule has 0 bridgehead atoms. The molecule has 4 aromatic rings.